The fraction of sp³-hybridized carbons (Fsp3) is 0.500. The molecule has 2 atom stereocenters. The highest BCUT2D eigenvalue weighted by Crippen LogP contribution is 2.22. The Balaban J connectivity index is 2.28. The molecule has 20 heavy (non-hydrogen) atoms. The van der Waals surface area contributed by atoms with E-state index in [4.69, 9.17) is 11.6 Å². The van der Waals surface area contributed by atoms with E-state index >= 15 is 0 Å². The molecule has 1 fully saturated rings. The number of hydrogen-bond acceptors (Lipinski definition) is 4. The Kier molecular flexibility index (Phi) is 4.17. The molecule has 0 spiro atoms. The van der Waals surface area contributed by atoms with Crippen LogP contribution in [0, 0.1) is 13.8 Å². The minimum absolute atomic E-state index is 0.149. The van der Waals surface area contributed by atoms with Crippen LogP contribution >= 0.6 is 11.6 Å². The zero-order valence-electron chi connectivity index (χ0n) is 11.1. The zero-order chi connectivity index (χ0) is 15.1. The largest absolute Gasteiger partial charge is 0.241 e. The first-order valence-corrected chi connectivity index (χ1v) is 9.79. The second-order valence-corrected chi connectivity index (χ2v) is 9.49. The average Bonchev–Trinajstić information content (AvgIpc) is 2.50. The lowest BCUT2D eigenvalue weighted by molar-refractivity contribution is 0.563. The summed E-state index contributed by atoms with van der Waals surface area (Å²) in [6, 6.07) is 4.19. The Morgan fingerprint density at radius 1 is 1.25 bits per heavy atom. The molecule has 1 heterocycles. The number of sulfone groups is 1. The maximum atomic E-state index is 12.3. The molecule has 0 saturated carbocycles. The minimum atomic E-state index is -3.77. The highest BCUT2D eigenvalue weighted by molar-refractivity contribution is 7.92. The lowest BCUT2D eigenvalue weighted by Gasteiger charge is -2.16. The molecule has 1 aliphatic rings. The summed E-state index contributed by atoms with van der Waals surface area (Å²) in [6.07, 6.45) is 0. The Bertz CT molecular complexity index is 728. The van der Waals surface area contributed by atoms with E-state index in [1.54, 1.807) is 19.1 Å². The van der Waals surface area contributed by atoms with Crippen LogP contribution in [-0.4, -0.2) is 39.8 Å². The molecule has 2 rings (SSSR count). The molecule has 0 amide bonds. The second-order valence-electron chi connectivity index (χ2n) is 5.09. The summed E-state index contributed by atoms with van der Waals surface area (Å²) in [5.74, 6) is -0.458. The van der Waals surface area contributed by atoms with E-state index in [0.29, 0.717) is 5.56 Å². The maximum Gasteiger partial charge on any atom is 0.241 e. The van der Waals surface area contributed by atoms with Crippen LogP contribution in [0.25, 0.3) is 0 Å². The predicted molar refractivity (Wildman–Crippen MR) is 78.3 cm³/mol. The van der Waals surface area contributed by atoms with E-state index in [-0.39, 0.29) is 16.4 Å². The van der Waals surface area contributed by atoms with Gasteiger partial charge in [-0.25, -0.2) is 21.6 Å². The zero-order valence-corrected chi connectivity index (χ0v) is 13.5. The maximum absolute atomic E-state index is 12.3. The number of aryl methyl sites for hydroxylation is 2. The second kappa shape index (κ2) is 5.29. The molecule has 1 aliphatic heterocycles. The van der Waals surface area contributed by atoms with Crippen LogP contribution in [0.2, 0.25) is 0 Å². The van der Waals surface area contributed by atoms with Crippen LogP contribution in [0.3, 0.4) is 0 Å². The molecule has 1 aromatic rings. The molecule has 1 saturated heterocycles. The number of alkyl halides is 1. The van der Waals surface area contributed by atoms with Crippen molar-refractivity contribution in [2.45, 2.75) is 30.2 Å². The van der Waals surface area contributed by atoms with Gasteiger partial charge in [0.05, 0.1) is 27.8 Å². The van der Waals surface area contributed by atoms with E-state index in [0.717, 1.165) is 5.56 Å². The number of sulfonamides is 1. The number of nitrogens with one attached hydrogen (secondary N) is 1. The molecule has 0 aromatic heterocycles. The van der Waals surface area contributed by atoms with Gasteiger partial charge in [0.15, 0.2) is 9.84 Å². The van der Waals surface area contributed by atoms with Gasteiger partial charge in [0, 0.05) is 0 Å². The van der Waals surface area contributed by atoms with Crippen molar-refractivity contribution in [1.29, 1.82) is 0 Å². The van der Waals surface area contributed by atoms with Crippen molar-refractivity contribution in [1.82, 2.24) is 4.72 Å². The van der Waals surface area contributed by atoms with E-state index < -0.39 is 31.3 Å². The minimum Gasteiger partial charge on any atom is -0.229 e. The molecular weight excluding hydrogens is 322 g/mol. The van der Waals surface area contributed by atoms with Crippen LogP contribution in [0.15, 0.2) is 23.1 Å². The molecular formula is C12H16ClNO4S2. The molecule has 112 valence electrons. The first-order chi connectivity index (χ1) is 9.11. The monoisotopic (exact) mass is 337 g/mol. The smallest absolute Gasteiger partial charge is 0.229 e. The van der Waals surface area contributed by atoms with Crippen molar-refractivity contribution < 1.29 is 16.8 Å². The Hall–Kier alpha value is -0.630. The first kappa shape index (κ1) is 15.8. The molecule has 8 heteroatoms. The van der Waals surface area contributed by atoms with Gasteiger partial charge in [0.25, 0.3) is 0 Å². The third kappa shape index (κ3) is 3.33. The van der Waals surface area contributed by atoms with E-state index in [2.05, 4.69) is 4.72 Å². The lowest BCUT2D eigenvalue weighted by Crippen LogP contribution is -2.40. The van der Waals surface area contributed by atoms with Gasteiger partial charge < -0.3 is 0 Å². The number of rotatable bonds is 3. The van der Waals surface area contributed by atoms with Gasteiger partial charge in [-0.3, -0.25) is 0 Å². The number of benzene rings is 1. The number of hydrogen-bond donors (Lipinski definition) is 1. The van der Waals surface area contributed by atoms with Crippen LogP contribution in [0.1, 0.15) is 11.1 Å². The van der Waals surface area contributed by atoms with Crippen molar-refractivity contribution in [2.24, 2.45) is 0 Å². The molecule has 0 unspecified atom stereocenters. The fourth-order valence-electron chi connectivity index (χ4n) is 2.28. The van der Waals surface area contributed by atoms with Crippen molar-refractivity contribution in [3.05, 3.63) is 29.3 Å². The molecule has 0 radical (unpaired) electrons. The molecule has 5 nitrogen and oxygen atoms in total. The number of halogens is 1. The van der Waals surface area contributed by atoms with Crippen molar-refractivity contribution in [2.75, 3.05) is 11.5 Å². The third-order valence-electron chi connectivity index (χ3n) is 3.21. The molecule has 0 bridgehead atoms. The lowest BCUT2D eigenvalue weighted by atomic mass is 10.2. The van der Waals surface area contributed by atoms with E-state index in [1.165, 1.54) is 6.07 Å². The van der Waals surface area contributed by atoms with Gasteiger partial charge >= 0.3 is 0 Å². The summed E-state index contributed by atoms with van der Waals surface area (Å²) in [7, 11) is -7.05. The van der Waals surface area contributed by atoms with Gasteiger partial charge in [-0.15, -0.1) is 11.6 Å². The summed E-state index contributed by atoms with van der Waals surface area (Å²) < 4.78 is 50.0. The third-order valence-corrected chi connectivity index (χ3v) is 7.24. The Labute approximate surface area is 124 Å². The highest BCUT2D eigenvalue weighted by Gasteiger charge is 2.39. The van der Waals surface area contributed by atoms with Crippen LogP contribution in [-0.2, 0) is 19.9 Å². The van der Waals surface area contributed by atoms with E-state index in [9.17, 15) is 16.8 Å². The van der Waals surface area contributed by atoms with Crippen molar-refractivity contribution in [3.63, 3.8) is 0 Å². The van der Waals surface area contributed by atoms with E-state index in [1.807, 2.05) is 6.92 Å². The molecule has 1 N–H and O–H groups in total. The predicted octanol–water partition coefficient (Wildman–Crippen LogP) is 0.986. The summed E-state index contributed by atoms with van der Waals surface area (Å²) in [4.78, 5) is 0.149. The Morgan fingerprint density at radius 2 is 1.90 bits per heavy atom. The van der Waals surface area contributed by atoms with Crippen molar-refractivity contribution >= 4 is 31.5 Å². The quantitative estimate of drug-likeness (QED) is 0.834. The van der Waals surface area contributed by atoms with Crippen molar-refractivity contribution in [3.8, 4) is 0 Å². The van der Waals surface area contributed by atoms with Gasteiger partial charge in [-0.1, -0.05) is 17.7 Å². The van der Waals surface area contributed by atoms with Gasteiger partial charge in [0.1, 0.15) is 0 Å². The SMILES string of the molecule is Cc1ccc(S(=O)(=O)N[C@H]2CS(=O)(=O)C[C@H]2Cl)c(C)c1. The summed E-state index contributed by atoms with van der Waals surface area (Å²) in [5.41, 5.74) is 1.57. The fourth-order valence-corrected chi connectivity index (χ4v) is 6.51. The standard InChI is InChI=1S/C12H16ClNO4S2/c1-8-3-4-12(9(2)5-8)20(17,18)14-11-7-19(15,16)6-10(11)13/h3-5,10-11,14H,6-7H2,1-2H3/t10-,11+/m1/s1. The average molecular weight is 338 g/mol. The van der Waals surface area contributed by atoms with Gasteiger partial charge in [-0.05, 0) is 25.5 Å². The van der Waals surface area contributed by atoms with Crippen LogP contribution in [0.5, 0.6) is 0 Å². The highest BCUT2D eigenvalue weighted by atomic mass is 35.5. The topological polar surface area (TPSA) is 80.3 Å². The normalized spacial score (nSPS) is 25.8. The molecule has 0 aliphatic carbocycles. The molecule has 1 aromatic carbocycles. The first-order valence-electron chi connectivity index (χ1n) is 6.05. The summed E-state index contributed by atoms with van der Waals surface area (Å²) in [5, 5.41) is -0.736. The summed E-state index contributed by atoms with van der Waals surface area (Å²) in [6.45, 7) is 3.57. The van der Waals surface area contributed by atoms with Gasteiger partial charge in [-0.2, -0.15) is 0 Å². The van der Waals surface area contributed by atoms with Crippen LogP contribution in [0.4, 0.5) is 0 Å². The summed E-state index contributed by atoms with van der Waals surface area (Å²) >= 11 is 5.92. The Morgan fingerprint density at radius 3 is 2.40 bits per heavy atom. The van der Waals surface area contributed by atoms with Gasteiger partial charge in [0.2, 0.25) is 10.0 Å². The van der Waals surface area contributed by atoms with Crippen LogP contribution < -0.4 is 4.72 Å².